The number of fused-ring (bicyclic) bond motifs is 3. The average Bonchev–Trinajstić information content (AvgIpc) is 3.65. The summed E-state index contributed by atoms with van der Waals surface area (Å²) in [5, 5.41) is 27.5. The molecule has 1 N–H and O–H groups in total. The lowest BCUT2D eigenvalue weighted by atomic mass is 10.0. The van der Waals surface area contributed by atoms with E-state index in [9.17, 15) is 5.11 Å². The van der Waals surface area contributed by atoms with Gasteiger partial charge in [-0.3, -0.25) is 0 Å². The third-order valence-electron chi connectivity index (χ3n) is 6.52. The summed E-state index contributed by atoms with van der Waals surface area (Å²) in [6.07, 6.45) is 0. The average molecular weight is 534 g/mol. The Morgan fingerprint density at radius 3 is 2.16 bits per heavy atom. The molecule has 0 spiro atoms. The quantitative estimate of drug-likeness (QED) is 0.228. The number of para-hydroxylation sites is 2. The fraction of sp³-hybridized carbons (Fsp3) is 0.0690. The van der Waals surface area contributed by atoms with E-state index in [0.29, 0.717) is 22.1 Å². The number of rotatable bonds is 4. The molecule has 4 aromatic carbocycles. The van der Waals surface area contributed by atoms with Gasteiger partial charge in [0.15, 0.2) is 5.75 Å². The van der Waals surface area contributed by atoms with Gasteiger partial charge in [0.2, 0.25) is 0 Å². The molecule has 0 unspecified atom stereocenters. The molecule has 0 aliphatic carbocycles. The second-order valence-corrected chi connectivity index (χ2v) is 11.0. The van der Waals surface area contributed by atoms with Crippen LogP contribution in [0, 0.1) is 13.8 Å². The molecule has 7 nitrogen and oxygen atoms in total. The molecule has 0 saturated heterocycles. The number of hydrogen-bond donors (Lipinski definition) is 1. The minimum absolute atomic E-state index is 0.0157. The highest BCUT2D eigenvalue weighted by molar-refractivity contribution is 7.22. The molecule has 0 bridgehead atoms. The molecule has 9 heteroatoms. The fourth-order valence-electron chi connectivity index (χ4n) is 4.35. The standard InChI is InChI=1S/C29H19N5O2S2/c1-15-16(2)34-36-27(15)33-32-25-19-12-11-17(28-30-21-7-3-5-9-23(21)37-28)13-18(19)14-20(26(25)35)29-31-22-8-4-6-10-24(22)38-29/h3-14,35H,1-2H3/b33-32+. The van der Waals surface area contributed by atoms with Crippen molar-refractivity contribution in [2.24, 2.45) is 10.2 Å². The Morgan fingerprint density at radius 2 is 1.47 bits per heavy atom. The number of hydrogen-bond acceptors (Lipinski definition) is 9. The number of aromatic hydroxyl groups is 1. The van der Waals surface area contributed by atoms with Crippen LogP contribution in [-0.4, -0.2) is 20.2 Å². The second-order valence-electron chi connectivity index (χ2n) is 8.93. The van der Waals surface area contributed by atoms with E-state index in [2.05, 4.69) is 27.5 Å². The van der Waals surface area contributed by atoms with Crippen molar-refractivity contribution in [3.8, 4) is 26.9 Å². The van der Waals surface area contributed by atoms with E-state index in [0.717, 1.165) is 53.0 Å². The number of aromatic nitrogens is 3. The third kappa shape index (κ3) is 3.75. The summed E-state index contributed by atoms with van der Waals surface area (Å²) in [6.45, 7) is 3.72. The van der Waals surface area contributed by atoms with Crippen LogP contribution in [0.15, 0.2) is 87.5 Å². The molecule has 0 saturated carbocycles. The number of phenolic OH excluding ortho intramolecular Hbond substituents is 1. The van der Waals surface area contributed by atoms with Gasteiger partial charge in [0, 0.05) is 16.5 Å². The molecule has 0 fully saturated rings. The first-order chi connectivity index (χ1) is 18.5. The Hall–Kier alpha value is -4.47. The van der Waals surface area contributed by atoms with E-state index in [1.54, 1.807) is 11.3 Å². The van der Waals surface area contributed by atoms with Gasteiger partial charge in [-0.2, -0.15) is 0 Å². The van der Waals surface area contributed by atoms with Gasteiger partial charge in [-0.15, -0.1) is 32.9 Å². The SMILES string of the molecule is Cc1noc(/N=N/c2c(O)c(-c3nc4ccccc4s3)cc3cc(-c4nc5ccccc5s4)ccc23)c1C. The summed E-state index contributed by atoms with van der Waals surface area (Å²) in [4.78, 5) is 9.61. The Bertz CT molecular complexity index is 1970. The molecule has 184 valence electrons. The van der Waals surface area contributed by atoms with Gasteiger partial charge in [0.05, 0.1) is 31.7 Å². The molecule has 38 heavy (non-hydrogen) atoms. The predicted molar refractivity (Wildman–Crippen MR) is 153 cm³/mol. The summed E-state index contributed by atoms with van der Waals surface area (Å²) < 4.78 is 7.50. The van der Waals surface area contributed by atoms with Crippen molar-refractivity contribution < 1.29 is 9.63 Å². The Kier molecular flexibility index (Phi) is 5.27. The van der Waals surface area contributed by atoms with Crippen LogP contribution >= 0.6 is 22.7 Å². The molecular formula is C29H19N5O2S2. The number of azo groups is 1. The molecule has 0 radical (unpaired) electrons. The fourth-order valence-corrected chi connectivity index (χ4v) is 6.29. The second kappa shape index (κ2) is 8.83. The molecule has 0 aliphatic rings. The monoisotopic (exact) mass is 533 g/mol. The number of benzene rings is 4. The lowest BCUT2D eigenvalue weighted by molar-refractivity contribution is 0.422. The van der Waals surface area contributed by atoms with Crippen molar-refractivity contribution in [1.82, 2.24) is 15.1 Å². The van der Waals surface area contributed by atoms with Crippen LogP contribution < -0.4 is 0 Å². The van der Waals surface area contributed by atoms with E-state index in [-0.39, 0.29) is 5.75 Å². The Morgan fingerprint density at radius 1 is 0.789 bits per heavy atom. The van der Waals surface area contributed by atoms with Gasteiger partial charge < -0.3 is 9.63 Å². The van der Waals surface area contributed by atoms with Crippen molar-refractivity contribution >= 4 is 65.5 Å². The molecule has 7 rings (SSSR count). The Balaban J connectivity index is 1.44. The van der Waals surface area contributed by atoms with Gasteiger partial charge in [-0.05, 0) is 55.6 Å². The van der Waals surface area contributed by atoms with E-state index >= 15 is 0 Å². The van der Waals surface area contributed by atoms with Crippen molar-refractivity contribution in [1.29, 1.82) is 0 Å². The van der Waals surface area contributed by atoms with Crippen molar-refractivity contribution in [3.05, 3.63) is 84.1 Å². The van der Waals surface area contributed by atoms with Crippen LogP contribution in [0.1, 0.15) is 11.3 Å². The van der Waals surface area contributed by atoms with Crippen molar-refractivity contribution in [2.45, 2.75) is 13.8 Å². The van der Waals surface area contributed by atoms with Gasteiger partial charge in [-0.1, -0.05) is 41.6 Å². The van der Waals surface area contributed by atoms with Gasteiger partial charge >= 0.3 is 0 Å². The van der Waals surface area contributed by atoms with Crippen LogP contribution in [0.3, 0.4) is 0 Å². The maximum absolute atomic E-state index is 11.5. The largest absolute Gasteiger partial charge is 0.505 e. The lowest BCUT2D eigenvalue weighted by Crippen LogP contribution is -1.84. The van der Waals surface area contributed by atoms with E-state index in [1.807, 2.05) is 74.5 Å². The molecule has 3 heterocycles. The molecule has 0 atom stereocenters. The van der Waals surface area contributed by atoms with Gasteiger partial charge in [0.1, 0.15) is 15.7 Å². The first-order valence-electron chi connectivity index (χ1n) is 11.9. The highest BCUT2D eigenvalue weighted by Gasteiger charge is 2.19. The van der Waals surface area contributed by atoms with Crippen LogP contribution in [0.5, 0.6) is 5.75 Å². The van der Waals surface area contributed by atoms with Crippen molar-refractivity contribution in [3.63, 3.8) is 0 Å². The third-order valence-corrected chi connectivity index (χ3v) is 8.68. The summed E-state index contributed by atoms with van der Waals surface area (Å²) >= 11 is 3.17. The van der Waals surface area contributed by atoms with E-state index in [4.69, 9.17) is 14.5 Å². The van der Waals surface area contributed by atoms with Gasteiger partial charge in [0.25, 0.3) is 5.88 Å². The van der Waals surface area contributed by atoms with E-state index < -0.39 is 0 Å². The minimum atomic E-state index is 0.0157. The van der Waals surface area contributed by atoms with Gasteiger partial charge in [-0.25, -0.2) is 9.97 Å². The van der Waals surface area contributed by atoms with Crippen LogP contribution in [0.25, 0.3) is 52.3 Å². The zero-order chi connectivity index (χ0) is 25.8. The number of phenols is 1. The molecule has 7 aromatic rings. The zero-order valence-corrected chi connectivity index (χ0v) is 22.0. The number of aryl methyl sites for hydroxylation is 1. The highest BCUT2D eigenvalue weighted by atomic mass is 32.1. The molecular weight excluding hydrogens is 514 g/mol. The minimum Gasteiger partial charge on any atom is -0.505 e. The van der Waals surface area contributed by atoms with Crippen LogP contribution in [0.2, 0.25) is 0 Å². The first kappa shape index (κ1) is 22.7. The Labute approximate surface area is 224 Å². The van der Waals surface area contributed by atoms with Crippen LogP contribution in [-0.2, 0) is 0 Å². The topological polar surface area (TPSA) is 96.8 Å². The van der Waals surface area contributed by atoms with Crippen LogP contribution in [0.4, 0.5) is 11.6 Å². The number of nitrogens with zero attached hydrogens (tertiary/aromatic N) is 5. The predicted octanol–water partition coefficient (Wildman–Crippen LogP) is 9.12. The zero-order valence-electron chi connectivity index (χ0n) is 20.3. The summed E-state index contributed by atoms with van der Waals surface area (Å²) in [7, 11) is 0. The lowest BCUT2D eigenvalue weighted by Gasteiger charge is -2.10. The molecule has 0 amide bonds. The highest BCUT2D eigenvalue weighted by Crippen LogP contribution is 2.46. The summed E-state index contributed by atoms with van der Waals surface area (Å²) in [5.74, 6) is 0.327. The summed E-state index contributed by atoms with van der Waals surface area (Å²) in [5.41, 5.74) is 5.34. The summed E-state index contributed by atoms with van der Waals surface area (Å²) in [6, 6.07) is 24.0. The van der Waals surface area contributed by atoms with Crippen molar-refractivity contribution in [2.75, 3.05) is 0 Å². The molecule has 0 aliphatic heterocycles. The maximum Gasteiger partial charge on any atom is 0.272 e. The van der Waals surface area contributed by atoms with E-state index in [1.165, 1.54) is 11.3 Å². The number of thiazole rings is 2. The maximum atomic E-state index is 11.5. The molecule has 3 aromatic heterocycles. The smallest absolute Gasteiger partial charge is 0.272 e. The first-order valence-corrected chi connectivity index (χ1v) is 13.5. The normalized spacial score (nSPS) is 11.9.